The molecule has 10 heteroatoms. The third-order valence-corrected chi connectivity index (χ3v) is 4.99. The molecule has 0 N–H and O–H groups in total. The van der Waals surface area contributed by atoms with Gasteiger partial charge in [0.05, 0.1) is 29.1 Å². The summed E-state index contributed by atoms with van der Waals surface area (Å²) in [7, 11) is 0. The number of benzene rings is 2. The fourth-order valence-electron chi connectivity index (χ4n) is 3.54. The molecule has 4 rings (SSSR count). The van der Waals surface area contributed by atoms with E-state index in [2.05, 4.69) is 4.90 Å². The van der Waals surface area contributed by atoms with Crippen molar-refractivity contribution in [3.8, 4) is 11.5 Å². The number of rotatable bonds is 6. The van der Waals surface area contributed by atoms with Crippen molar-refractivity contribution in [1.82, 2.24) is 4.90 Å². The lowest BCUT2D eigenvalue weighted by Crippen LogP contribution is -2.39. The molecule has 1 saturated heterocycles. The van der Waals surface area contributed by atoms with E-state index in [1.165, 1.54) is 30.3 Å². The topological polar surface area (TPSA) is 117 Å². The van der Waals surface area contributed by atoms with Gasteiger partial charge >= 0.3 is 0 Å². The number of fused-ring (bicyclic) bond motifs is 1. The van der Waals surface area contributed by atoms with Crippen LogP contribution in [-0.4, -0.2) is 47.7 Å². The Morgan fingerprint density at radius 3 is 2.37 bits per heavy atom. The average Bonchev–Trinajstić information content (AvgIpc) is 3.12. The highest BCUT2D eigenvalue weighted by Crippen LogP contribution is 2.44. The van der Waals surface area contributed by atoms with E-state index in [4.69, 9.17) is 14.2 Å². The molecule has 0 aliphatic carbocycles. The number of hydrogen-bond donors (Lipinski definition) is 0. The summed E-state index contributed by atoms with van der Waals surface area (Å²) in [4.78, 5) is 23.2. The van der Waals surface area contributed by atoms with Crippen molar-refractivity contribution in [1.29, 1.82) is 0 Å². The van der Waals surface area contributed by atoms with Gasteiger partial charge in [0, 0.05) is 42.9 Å². The van der Waals surface area contributed by atoms with Gasteiger partial charge in [-0.3, -0.25) is 25.1 Å². The first-order valence-electron chi connectivity index (χ1n) is 9.38. The Morgan fingerprint density at radius 1 is 1.03 bits per heavy atom. The highest BCUT2D eigenvalue weighted by Gasteiger charge is 2.36. The summed E-state index contributed by atoms with van der Waals surface area (Å²) in [6.07, 6.45) is 1.79. The number of non-ortho nitro benzene ring substituents is 2. The minimum Gasteiger partial charge on any atom is -0.489 e. The zero-order chi connectivity index (χ0) is 21.1. The van der Waals surface area contributed by atoms with E-state index in [1.807, 2.05) is 0 Å². The number of nitro groups is 2. The molecule has 0 bridgehead atoms. The predicted octanol–water partition coefficient (Wildman–Crippen LogP) is 3.23. The maximum absolute atomic E-state index is 11.2. The Labute approximate surface area is 171 Å². The number of hydrogen-bond acceptors (Lipinski definition) is 8. The fourth-order valence-corrected chi connectivity index (χ4v) is 3.54. The van der Waals surface area contributed by atoms with Crippen LogP contribution in [0.15, 0.2) is 54.3 Å². The molecule has 2 aromatic carbocycles. The largest absolute Gasteiger partial charge is 0.489 e. The van der Waals surface area contributed by atoms with Gasteiger partial charge in [-0.25, -0.2) is 0 Å². The maximum Gasteiger partial charge on any atom is 0.270 e. The van der Waals surface area contributed by atoms with Crippen molar-refractivity contribution in [3.63, 3.8) is 0 Å². The molecular formula is C20H19N3O7. The predicted molar refractivity (Wildman–Crippen MR) is 106 cm³/mol. The number of morpholine rings is 1. The number of nitro benzene ring substituents is 2. The Bertz CT molecular complexity index is 984. The second kappa shape index (κ2) is 8.47. The van der Waals surface area contributed by atoms with Crippen molar-refractivity contribution in [2.45, 2.75) is 6.04 Å². The first-order valence-corrected chi connectivity index (χ1v) is 9.38. The molecule has 0 unspecified atom stereocenters. The van der Waals surface area contributed by atoms with Crippen molar-refractivity contribution >= 4 is 11.4 Å². The molecular weight excluding hydrogens is 394 g/mol. The Morgan fingerprint density at radius 2 is 1.70 bits per heavy atom. The van der Waals surface area contributed by atoms with Gasteiger partial charge in [0.15, 0.2) is 0 Å². The van der Waals surface area contributed by atoms with E-state index in [-0.39, 0.29) is 24.0 Å². The summed E-state index contributed by atoms with van der Waals surface area (Å²) in [5.74, 6) is 1.71. The zero-order valence-electron chi connectivity index (χ0n) is 15.9. The van der Waals surface area contributed by atoms with E-state index in [1.54, 1.807) is 18.2 Å². The standard InChI is InChI=1S/C20H19N3O7/c24-22(25)14-1-4-16(5-2-14)29-10-7-19-20(21-8-11-28-12-9-21)17-13-15(23(26)27)3-6-18(17)30-19/h1-7,13,20H,8-12H2/b19-7-/t20-/m0/s1. The molecule has 0 spiro atoms. The van der Waals surface area contributed by atoms with E-state index in [9.17, 15) is 20.2 Å². The van der Waals surface area contributed by atoms with Gasteiger partial charge in [-0.2, -0.15) is 0 Å². The van der Waals surface area contributed by atoms with E-state index < -0.39 is 9.85 Å². The van der Waals surface area contributed by atoms with Crippen molar-refractivity contribution in [2.24, 2.45) is 0 Å². The smallest absolute Gasteiger partial charge is 0.270 e. The van der Waals surface area contributed by atoms with Crippen LogP contribution >= 0.6 is 0 Å². The van der Waals surface area contributed by atoms with E-state index in [0.29, 0.717) is 43.6 Å². The van der Waals surface area contributed by atoms with E-state index in [0.717, 1.165) is 5.56 Å². The second-order valence-electron chi connectivity index (χ2n) is 6.80. The molecule has 0 aromatic heterocycles. The molecule has 10 nitrogen and oxygen atoms in total. The van der Waals surface area contributed by atoms with Crippen LogP contribution in [0, 0.1) is 20.2 Å². The molecule has 2 aromatic rings. The Hall–Kier alpha value is -3.50. The lowest BCUT2D eigenvalue weighted by Gasteiger charge is -2.32. The molecule has 2 aliphatic heterocycles. The highest BCUT2D eigenvalue weighted by molar-refractivity contribution is 5.52. The fraction of sp³-hybridized carbons (Fsp3) is 0.300. The van der Waals surface area contributed by atoms with Gasteiger partial charge < -0.3 is 14.2 Å². The van der Waals surface area contributed by atoms with Crippen molar-refractivity contribution < 1.29 is 24.1 Å². The monoisotopic (exact) mass is 413 g/mol. The van der Waals surface area contributed by atoms with Gasteiger partial charge in [-0.15, -0.1) is 0 Å². The van der Waals surface area contributed by atoms with E-state index >= 15 is 0 Å². The molecule has 0 radical (unpaired) electrons. The Kier molecular flexibility index (Phi) is 5.59. The van der Waals surface area contributed by atoms with Crippen molar-refractivity contribution in [2.75, 3.05) is 32.9 Å². The Balaban J connectivity index is 1.54. The summed E-state index contributed by atoms with van der Waals surface area (Å²) < 4.78 is 17.1. The van der Waals surface area contributed by atoms with Crippen LogP contribution in [0.1, 0.15) is 11.6 Å². The second-order valence-corrected chi connectivity index (χ2v) is 6.80. The molecule has 1 atom stereocenters. The van der Waals surface area contributed by atoms with Gasteiger partial charge in [0.2, 0.25) is 0 Å². The first-order chi connectivity index (χ1) is 14.5. The normalized spacial score (nSPS) is 19.9. The average molecular weight is 413 g/mol. The van der Waals surface area contributed by atoms with Gasteiger partial charge in [-0.05, 0) is 24.3 Å². The lowest BCUT2D eigenvalue weighted by molar-refractivity contribution is -0.385. The third-order valence-electron chi connectivity index (χ3n) is 4.99. The van der Waals surface area contributed by atoms with Gasteiger partial charge in [0.1, 0.15) is 23.9 Å². The first kappa shape index (κ1) is 19.8. The van der Waals surface area contributed by atoms with Crippen LogP contribution < -0.4 is 9.47 Å². The third kappa shape index (κ3) is 4.09. The zero-order valence-corrected chi connectivity index (χ0v) is 15.9. The quantitative estimate of drug-likeness (QED) is 0.523. The lowest BCUT2D eigenvalue weighted by atomic mass is 10.0. The van der Waals surface area contributed by atoms with Crippen LogP contribution in [0.25, 0.3) is 0 Å². The summed E-state index contributed by atoms with van der Waals surface area (Å²) in [5, 5.41) is 22.0. The molecule has 0 saturated carbocycles. The molecule has 0 amide bonds. The van der Waals surface area contributed by atoms with Crippen LogP contribution in [0.4, 0.5) is 11.4 Å². The molecule has 156 valence electrons. The summed E-state index contributed by atoms with van der Waals surface area (Å²) in [6, 6.07) is 10.1. The maximum atomic E-state index is 11.2. The SMILES string of the molecule is O=[N+]([O-])c1ccc(OC/C=C2\Oc3ccc([N+](=O)[O-])cc3[C@@H]2N2CCOCC2)cc1. The van der Waals surface area contributed by atoms with Crippen LogP contribution in [0.5, 0.6) is 11.5 Å². The number of ether oxygens (including phenoxy) is 3. The molecule has 30 heavy (non-hydrogen) atoms. The van der Waals surface area contributed by atoms with Crippen molar-refractivity contribution in [3.05, 3.63) is 80.1 Å². The minimum atomic E-state index is -0.471. The molecule has 2 heterocycles. The van der Waals surface area contributed by atoms with Crippen LogP contribution in [0.3, 0.4) is 0 Å². The van der Waals surface area contributed by atoms with Crippen LogP contribution in [-0.2, 0) is 4.74 Å². The summed E-state index contributed by atoms with van der Waals surface area (Å²) in [6.45, 7) is 2.69. The van der Waals surface area contributed by atoms with Gasteiger partial charge in [-0.1, -0.05) is 0 Å². The molecule has 1 fully saturated rings. The van der Waals surface area contributed by atoms with Gasteiger partial charge in [0.25, 0.3) is 11.4 Å². The summed E-state index contributed by atoms with van der Waals surface area (Å²) in [5.41, 5.74) is 0.746. The molecule has 2 aliphatic rings. The highest BCUT2D eigenvalue weighted by atomic mass is 16.6. The van der Waals surface area contributed by atoms with Crippen LogP contribution in [0.2, 0.25) is 0 Å². The minimum absolute atomic E-state index is 0.00995. The number of nitrogens with zero attached hydrogens (tertiary/aromatic N) is 3. The summed E-state index contributed by atoms with van der Waals surface area (Å²) >= 11 is 0.